The first-order valence-corrected chi connectivity index (χ1v) is 7.50. The first kappa shape index (κ1) is 12.1. The maximum Gasteiger partial charge on any atom is 0.232 e. The van der Waals surface area contributed by atoms with Gasteiger partial charge in [0.15, 0.2) is 5.13 Å². The second-order valence-corrected chi connectivity index (χ2v) is 6.62. The van der Waals surface area contributed by atoms with E-state index in [1.54, 1.807) is 11.3 Å². The molecule has 1 aromatic heterocycles. The van der Waals surface area contributed by atoms with Crippen molar-refractivity contribution in [1.82, 2.24) is 10.3 Å². The molecule has 18 heavy (non-hydrogen) atoms. The summed E-state index contributed by atoms with van der Waals surface area (Å²) in [6.45, 7) is 3.95. The van der Waals surface area contributed by atoms with Crippen LogP contribution >= 0.6 is 11.3 Å². The van der Waals surface area contributed by atoms with Crippen LogP contribution < -0.4 is 10.6 Å². The van der Waals surface area contributed by atoms with Crippen LogP contribution in [-0.2, 0) is 17.8 Å². The Bertz CT molecular complexity index is 439. The van der Waals surface area contributed by atoms with Crippen molar-refractivity contribution in [3.63, 3.8) is 0 Å². The normalized spacial score (nSPS) is 21.6. The van der Waals surface area contributed by atoms with E-state index in [0.717, 1.165) is 43.2 Å². The Balaban J connectivity index is 1.72. The van der Waals surface area contributed by atoms with Crippen LogP contribution in [0.5, 0.6) is 0 Å². The van der Waals surface area contributed by atoms with Crippen molar-refractivity contribution in [3.05, 3.63) is 10.6 Å². The number of thiazole rings is 1. The second-order valence-electron chi connectivity index (χ2n) is 5.54. The van der Waals surface area contributed by atoms with Crippen LogP contribution in [0.3, 0.4) is 0 Å². The molecule has 0 bridgehead atoms. The summed E-state index contributed by atoms with van der Waals surface area (Å²) in [5.74, 6) is 0.152. The van der Waals surface area contributed by atoms with Gasteiger partial charge in [-0.15, -0.1) is 11.3 Å². The highest BCUT2D eigenvalue weighted by molar-refractivity contribution is 7.15. The lowest BCUT2D eigenvalue weighted by atomic mass is 9.88. The maximum atomic E-state index is 12.3. The minimum Gasteiger partial charge on any atom is -0.311 e. The lowest BCUT2D eigenvalue weighted by Crippen LogP contribution is -2.30. The number of fused-ring (bicyclic) bond motifs is 1. The van der Waals surface area contributed by atoms with Gasteiger partial charge < -0.3 is 10.6 Å². The van der Waals surface area contributed by atoms with E-state index in [4.69, 9.17) is 0 Å². The van der Waals surface area contributed by atoms with E-state index in [9.17, 15) is 4.79 Å². The SMILES string of the molecule is CC1(C(=O)Nc2nc3c(s2)CNCC3)CCCC1. The Morgan fingerprint density at radius 1 is 1.44 bits per heavy atom. The molecule has 1 aliphatic heterocycles. The molecule has 0 unspecified atom stereocenters. The van der Waals surface area contributed by atoms with Gasteiger partial charge in [-0.05, 0) is 12.8 Å². The topological polar surface area (TPSA) is 54.0 Å². The molecule has 98 valence electrons. The van der Waals surface area contributed by atoms with Crippen molar-refractivity contribution in [2.75, 3.05) is 11.9 Å². The summed E-state index contributed by atoms with van der Waals surface area (Å²) >= 11 is 1.62. The van der Waals surface area contributed by atoms with Gasteiger partial charge >= 0.3 is 0 Å². The van der Waals surface area contributed by atoms with Crippen LogP contribution in [0.15, 0.2) is 0 Å². The number of hydrogen-bond donors (Lipinski definition) is 2. The Morgan fingerprint density at radius 3 is 2.94 bits per heavy atom. The van der Waals surface area contributed by atoms with Gasteiger partial charge in [-0.2, -0.15) is 0 Å². The summed E-state index contributed by atoms with van der Waals surface area (Å²) in [5, 5.41) is 7.13. The second kappa shape index (κ2) is 4.63. The molecular weight excluding hydrogens is 246 g/mol. The lowest BCUT2D eigenvalue weighted by Gasteiger charge is -2.21. The average Bonchev–Trinajstić information content (AvgIpc) is 2.95. The molecular formula is C13H19N3OS. The number of anilines is 1. The highest BCUT2D eigenvalue weighted by atomic mass is 32.1. The van der Waals surface area contributed by atoms with Crippen LogP contribution in [0.25, 0.3) is 0 Å². The fraction of sp³-hybridized carbons (Fsp3) is 0.692. The van der Waals surface area contributed by atoms with Crippen molar-refractivity contribution in [3.8, 4) is 0 Å². The van der Waals surface area contributed by atoms with Crippen molar-refractivity contribution in [2.45, 2.75) is 45.6 Å². The third-order valence-electron chi connectivity index (χ3n) is 4.08. The van der Waals surface area contributed by atoms with Crippen LogP contribution in [0.4, 0.5) is 5.13 Å². The zero-order chi connectivity index (χ0) is 12.6. The average molecular weight is 265 g/mol. The van der Waals surface area contributed by atoms with E-state index in [1.807, 2.05) is 0 Å². The molecule has 0 atom stereocenters. The predicted molar refractivity (Wildman–Crippen MR) is 72.7 cm³/mol. The molecule has 1 fully saturated rings. The molecule has 2 N–H and O–H groups in total. The molecule has 0 spiro atoms. The number of hydrogen-bond acceptors (Lipinski definition) is 4. The number of nitrogens with one attached hydrogen (secondary N) is 2. The van der Waals surface area contributed by atoms with Crippen molar-refractivity contribution >= 4 is 22.4 Å². The molecule has 2 heterocycles. The number of amides is 1. The Kier molecular flexibility index (Phi) is 3.11. The molecule has 0 aromatic carbocycles. The number of nitrogens with zero attached hydrogens (tertiary/aromatic N) is 1. The molecule has 0 saturated heterocycles. The summed E-state index contributed by atoms with van der Waals surface area (Å²) in [6, 6.07) is 0. The summed E-state index contributed by atoms with van der Waals surface area (Å²) in [6.07, 6.45) is 5.32. The fourth-order valence-electron chi connectivity index (χ4n) is 2.81. The van der Waals surface area contributed by atoms with Gasteiger partial charge in [0.25, 0.3) is 0 Å². The highest BCUT2D eigenvalue weighted by Gasteiger charge is 2.36. The summed E-state index contributed by atoms with van der Waals surface area (Å²) in [4.78, 5) is 18.1. The molecule has 1 aromatic rings. The smallest absolute Gasteiger partial charge is 0.232 e. The predicted octanol–water partition coefficient (Wildman–Crippen LogP) is 2.31. The summed E-state index contributed by atoms with van der Waals surface area (Å²) in [5.41, 5.74) is 0.982. The van der Waals surface area contributed by atoms with Gasteiger partial charge in [0.2, 0.25) is 5.91 Å². The highest BCUT2D eigenvalue weighted by Crippen LogP contribution is 2.39. The van der Waals surface area contributed by atoms with E-state index in [0.29, 0.717) is 0 Å². The van der Waals surface area contributed by atoms with Gasteiger partial charge in [0.1, 0.15) is 0 Å². The van der Waals surface area contributed by atoms with Crippen LogP contribution in [0.2, 0.25) is 0 Å². The van der Waals surface area contributed by atoms with E-state index in [1.165, 1.54) is 17.7 Å². The lowest BCUT2D eigenvalue weighted by molar-refractivity contribution is -0.124. The standard InChI is InChI=1S/C13H19N3OS/c1-13(5-2-3-6-13)11(17)16-12-15-9-4-7-14-8-10(9)18-12/h14H,2-8H2,1H3,(H,15,16,17). The van der Waals surface area contributed by atoms with E-state index < -0.39 is 0 Å². The van der Waals surface area contributed by atoms with Crippen molar-refractivity contribution in [2.24, 2.45) is 5.41 Å². The molecule has 1 aliphatic carbocycles. The molecule has 2 aliphatic rings. The minimum absolute atomic E-state index is 0.152. The Labute approximate surface area is 111 Å². The largest absolute Gasteiger partial charge is 0.311 e. The first-order valence-electron chi connectivity index (χ1n) is 6.68. The number of rotatable bonds is 2. The third kappa shape index (κ3) is 2.17. The third-order valence-corrected chi connectivity index (χ3v) is 5.09. The summed E-state index contributed by atoms with van der Waals surface area (Å²) < 4.78 is 0. The monoisotopic (exact) mass is 265 g/mol. The van der Waals surface area contributed by atoms with Gasteiger partial charge in [-0.3, -0.25) is 4.79 Å². The van der Waals surface area contributed by atoms with Crippen molar-refractivity contribution < 1.29 is 4.79 Å². The zero-order valence-corrected chi connectivity index (χ0v) is 11.5. The van der Waals surface area contributed by atoms with Crippen LogP contribution in [0, 0.1) is 5.41 Å². The Morgan fingerprint density at radius 2 is 2.22 bits per heavy atom. The Hall–Kier alpha value is -0.940. The number of carbonyl (C=O) groups is 1. The number of carbonyl (C=O) groups excluding carboxylic acids is 1. The maximum absolute atomic E-state index is 12.3. The fourth-order valence-corrected chi connectivity index (χ4v) is 3.78. The van der Waals surface area contributed by atoms with Crippen LogP contribution in [-0.4, -0.2) is 17.4 Å². The molecule has 3 rings (SSSR count). The quantitative estimate of drug-likeness (QED) is 0.862. The zero-order valence-electron chi connectivity index (χ0n) is 10.7. The van der Waals surface area contributed by atoms with Crippen LogP contribution in [0.1, 0.15) is 43.2 Å². The first-order chi connectivity index (χ1) is 8.67. The minimum atomic E-state index is -0.176. The van der Waals surface area contributed by atoms with E-state index in [2.05, 4.69) is 22.5 Å². The van der Waals surface area contributed by atoms with E-state index >= 15 is 0 Å². The summed E-state index contributed by atoms with van der Waals surface area (Å²) in [7, 11) is 0. The molecule has 4 nitrogen and oxygen atoms in total. The molecule has 1 saturated carbocycles. The van der Waals surface area contributed by atoms with Crippen molar-refractivity contribution in [1.29, 1.82) is 0 Å². The van der Waals surface area contributed by atoms with Gasteiger partial charge in [-0.1, -0.05) is 19.8 Å². The molecule has 5 heteroatoms. The van der Waals surface area contributed by atoms with E-state index in [-0.39, 0.29) is 11.3 Å². The van der Waals surface area contributed by atoms with Gasteiger partial charge in [-0.25, -0.2) is 4.98 Å². The molecule has 1 amide bonds. The number of aromatic nitrogens is 1. The molecule has 0 radical (unpaired) electrons. The van der Waals surface area contributed by atoms with Gasteiger partial charge in [0, 0.05) is 29.8 Å². The van der Waals surface area contributed by atoms with Gasteiger partial charge in [0.05, 0.1) is 5.69 Å².